The predicted octanol–water partition coefficient (Wildman–Crippen LogP) is 5.21. The Morgan fingerprint density at radius 1 is 0.980 bits per heavy atom. The van der Waals surface area contributed by atoms with Crippen molar-refractivity contribution in [3.8, 4) is 11.3 Å². The first-order valence-corrected chi connectivity index (χ1v) is 21.0. The minimum absolute atomic E-state index is 0.142. The monoisotopic (exact) mass is 744 g/mol. The van der Waals surface area contributed by atoms with Gasteiger partial charge in [-0.05, 0) is 68.3 Å². The van der Waals surface area contributed by atoms with Gasteiger partial charge < -0.3 is 15.1 Å². The molecule has 0 unspecified atom stereocenters. The number of amides is 1. The number of thioether (sulfide) groups is 1. The molecule has 14 heteroatoms. The molecule has 51 heavy (non-hydrogen) atoms. The van der Waals surface area contributed by atoms with E-state index in [0.29, 0.717) is 55.5 Å². The van der Waals surface area contributed by atoms with E-state index in [2.05, 4.69) is 27.2 Å². The number of likely N-dealkylation sites (tertiary alicyclic amines) is 2. The van der Waals surface area contributed by atoms with E-state index in [1.165, 1.54) is 39.5 Å². The van der Waals surface area contributed by atoms with Gasteiger partial charge in [0.15, 0.2) is 0 Å². The van der Waals surface area contributed by atoms with Gasteiger partial charge in [-0.25, -0.2) is 8.42 Å². The normalized spacial score (nSPS) is 19.6. The Balaban J connectivity index is 1.04. The van der Waals surface area contributed by atoms with Crippen LogP contribution in [0.5, 0.6) is 0 Å². The molecule has 1 amide bonds. The fourth-order valence-corrected chi connectivity index (χ4v) is 10.0. The Kier molecular flexibility index (Phi) is 10.9. The number of aryl methyl sites for hydroxylation is 1. The van der Waals surface area contributed by atoms with Crippen molar-refractivity contribution in [1.82, 2.24) is 29.2 Å². The molecule has 1 N–H and O–H groups in total. The summed E-state index contributed by atoms with van der Waals surface area (Å²) in [5.74, 6) is 0.753. The summed E-state index contributed by atoms with van der Waals surface area (Å²) < 4.78 is 71.2. The van der Waals surface area contributed by atoms with E-state index in [1.807, 2.05) is 16.8 Å². The van der Waals surface area contributed by atoms with Crippen LogP contribution in [-0.4, -0.2) is 102 Å². The number of alkyl halides is 3. The topological polar surface area (TPSA) is 90.8 Å². The molecule has 0 spiro atoms. The number of halogens is 3. The largest absolute Gasteiger partial charge is 0.417 e. The number of sulfonamides is 1. The maximum atomic E-state index is 14.2. The molecule has 0 bridgehead atoms. The van der Waals surface area contributed by atoms with Gasteiger partial charge in [0.25, 0.3) is 0 Å². The van der Waals surface area contributed by atoms with Crippen LogP contribution in [0.2, 0.25) is 0 Å². The minimum atomic E-state index is -4.51. The number of rotatable bonds is 12. The number of hydrogen-bond donors (Lipinski definition) is 1. The second-order valence-electron chi connectivity index (χ2n) is 14.3. The first-order valence-electron chi connectivity index (χ1n) is 18.1. The lowest BCUT2D eigenvalue weighted by Gasteiger charge is -2.36. The lowest BCUT2D eigenvalue weighted by atomic mass is 10.0. The molecule has 1 aromatic heterocycles. The standard InChI is InChI=1S/C37H47F3N6O3S2/c1-51(48,49)44-20-13-33-31(25-44)36(42-46(33)17-5-15-43-18-11-30(12-19-43)45-16-4-8-35(45)47)28-9-10-32(37(38,39)40)34(24-28)50-21-14-41-29-22-26-6-2-3-7-27(26)23-29/h2-3,6-7,9-10,24,29-30,41H,4-5,8,11-23,25H2,1H3. The van der Waals surface area contributed by atoms with Crippen LogP contribution in [0.3, 0.4) is 0 Å². The van der Waals surface area contributed by atoms with Gasteiger partial charge in [0.1, 0.15) is 0 Å². The lowest BCUT2D eigenvalue weighted by Crippen LogP contribution is -2.45. The van der Waals surface area contributed by atoms with E-state index in [0.717, 1.165) is 82.0 Å². The van der Waals surface area contributed by atoms with E-state index >= 15 is 0 Å². The Morgan fingerprint density at radius 2 is 1.73 bits per heavy atom. The van der Waals surface area contributed by atoms with Gasteiger partial charge >= 0.3 is 6.18 Å². The number of benzene rings is 2. The maximum Gasteiger partial charge on any atom is 0.417 e. The van der Waals surface area contributed by atoms with E-state index in [1.54, 1.807) is 6.07 Å². The first kappa shape index (κ1) is 36.4. The number of hydrogen-bond acceptors (Lipinski definition) is 7. The van der Waals surface area contributed by atoms with E-state index < -0.39 is 21.8 Å². The van der Waals surface area contributed by atoms with Crippen molar-refractivity contribution in [2.45, 2.75) is 87.6 Å². The van der Waals surface area contributed by atoms with Crippen LogP contribution in [0.4, 0.5) is 13.2 Å². The van der Waals surface area contributed by atoms with Crippen molar-refractivity contribution >= 4 is 27.7 Å². The van der Waals surface area contributed by atoms with Crippen LogP contribution in [0, 0.1) is 0 Å². The number of nitrogens with one attached hydrogen (secondary N) is 1. The number of aromatic nitrogens is 2. The Hall–Kier alpha value is -2.91. The third-order valence-corrected chi connectivity index (χ3v) is 13.2. The average molecular weight is 745 g/mol. The predicted molar refractivity (Wildman–Crippen MR) is 193 cm³/mol. The molecule has 2 aromatic carbocycles. The van der Waals surface area contributed by atoms with Gasteiger partial charge in [-0.1, -0.05) is 30.3 Å². The number of piperidine rings is 1. The van der Waals surface area contributed by atoms with Crippen LogP contribution in [0.25, 0.3) is 11.3 Å². The summed E-state index contributed by atoms with van der Waals surface area (Å²) in [6.07, 6.45) is 3.43. The maximum absolute atomic E-state index is 14.2. The van der Waals surface area contributed by atoms with Crippen molar-refractivity contribution in [1.29, 1.82) is 0 Å². The molecule has 0 saturated carbocycles. The van der Waals surface area contributed by atoms with E-state index in [-0.39, 0.29) is 23.4 Å². The van der Waals surface area contributed by atoms with Gasteiger partial charge in [0, 0.05) is 98.2 Å². The fraction of sp³-hybridized carbons (Fsp3) is 0.568. The van der Waals surface area contributed by atoms with Crippen molar-refractivity contribution in [3.63, 3.8) is 0 Å². The molecule has 276 valence electrons. The SMILES string of the molecule is CS(=O)(=O)N1CCc2c(c(-c3ccc(C(F)(F)F)c(SCCNC4Cc5ccccc5C4)c3)nn2CCCN2CCC(N3CCCC3=O)CC2)C1. The average Bonchev–Trinajstić information content (AvgIpc) is 3.82. The number of nitrogens with zero attached hydrogens (tertiary/aromatic N) is 5. The van der Waals surface area contributed by atoms with Crippen LogP contribution in [0.15, 0.2) is 47.4 Å². The summed E-state index contributed by atoms with van der Waals surface area (Å²) in [5, 5.41) is 8.49. The van der Waals surface area contributed by atoms with Crippen molar-refractivity contribution in [2.75, 3.05) is 51.3 Å². The van der Waals surface area contributed by atoms with Gasteiger partial charge in [-0.15, -0.1) is 11.8 Å². The van der Waals surface area contributed by atoms with Crippen molar-refractivity contribution < 1.29 is 26.4 Å². The fourth-order valence-electron chi connectivity index (χ4n) is 8.27. The Morgan fingerprint density at radius 3 is 2.39 bits per heavy atom. The molecule has 4 heterocycles. The zero-order valence-electron chi connectivity index (χ0n) is 29.1. The highest BCUT2D eigenvalue weighted by Crippen LogP contribution is 2.40. The lowest BCUT2D eigenvalue weighted by molar-refractivity contribution is -0.139. The number of carbonyl (C=O) groups is 1. The third-order valence-electron chi connectivity index (χ3n) is 10.9. The van der Waals surface area contributed by atoms with Gasteiger partial charge in [0.2, 0.25) is 15.9 Å². The molecular formula is C37H47F3N6O3S2. The summed E-state index contributed by atoms with van der Waals surface area (Å²) in [6.45, 7) is 5.32. The van der Waals surface area contributed by atoms with Crippen LogP contribution < -0.4 is 5.32 Å². The molecule has 9 nitrogen and oxygen atoms in total. The van der Waals surface area contributed by atoms with Crippen LogP contribution in [-0.2, 0) is 53.3 Å². The zero-order valence-corrected chi connectivity index (χ0v) is 30.8. The molecule has 3 aliphatic heterocycles. The third kappa shape index (κ3) is 8.35. The van der Waals surface area contributed by atoms with Gasteiger partial charge in [-0.2, -0.15) is 22.6 Å². The highest BCUT2D eigenvalue weighted by atomic mass is 32.2. The summed E-state index contributed by atoms with van der Waals surface area (Å²) in [5.41, 5.74) is 4.80. The van der Waals surface area contributed by atoms with E-state index in [4.69, 9.17) is 5.10 Å². The molecule has 2 saturated heterocycles. The molecule has 0 atom stereocenters. The van der Waals surface area contributed by atoms with Crippen molar-refractivity contribution in [2.24, 2.45) is 0 Å². The summed E-state index contributed by atoms with van der Waals surface area (Å²) >= 11 is 1.19. The van der Waals surface area contributed by atoms with Gasteiger partial charge in [-0.3, -0.25) is 9.48 Å². The molecule has 0 radical (unpaired) electrons. The van der Waals surface area contributed by atoms with Crippen molar-refractivity contribution in [3.05, 3.63) is 70.4 Å². The quantitative estimate of drug-likeness (QED) is 0.201. The molecule has 2 fully saturated rings. The van der Waals surface area contributed by atoms with E-state index in [9.17, 15) is 26.4 Å². The molecule has 3 aromatic rings. The number of fused-ring (bicyclic) bond motifs is 2. The molecule has 1 aliphatic carbocycles. The molecule has 7 rings (SSSR count). The molecular weight excluding hydrogens is 698 g/mol. The number of carbonyl (C=O) groups excluding carboxylic acids is 1. The zero-order chi connectivity index (χ0) is 35.8. The summed E-state index contributed by atoms with van der Waals surface area (Å²) in [7, 11) is -3.47. The highest BCUT2D eigenvalue weighted by Gasteiger charge is 2.35. The summed E-state index contributed by atoms with van der Waals surface area (Å²) in [6, 6.07) is 13.1. The smallest absolute Gasteiger partial charge is 0.340 e. The second kappa shape index (κ2) is 15.2. The van der Waals surface area contributed by atoms with Crippen LogP contribution >= 0.6 is 11.8 Å². The Labute approximate surface area is 303 Å². The molecule has 4 aliphatic rings. The Bertz CT molecular complexity index is 1820. The van der Waals surface area contributed by atoms with Crippen LogP contribution in [0.1, 0.15) is 60.1 Å². The second-order valence-corrected chi connectivity index (χ2v) is 17.5. The minimum Gasteiger partial charge on any atom is -0.340 e. The summed E-state index contributed by atoms with van der Waals surface area (Å²) in [4.78, 5) is 16.8. The first-order chi connectivity index (χ1) is 24.4. The highest BCUT2D eigenvalue weighted by molar-refractivity contribution is 7.99. The van der Waals surface area contributed by atoms with Gasteiger partial charge in [0.05, 0.1) is 17.5 Å².